The lowest BCUT2D eigenvalue weighted by Crippen LogP contribution is -2.55. The van der Waals surface area contributed by atoms with Gasteiger partial charge in [-0.2, -0.15) is 0 Å². The zero-order chi connectivity index (χ0) is 19.1. The highest BCUT2D eigenvalue weighted by atomic mass is 127. The molecule has 0 radical (unpaired) electrons. The fourth-order valence-corrected chi connectivity index (χ4v) is 4.79. The number of guanidine groups is 1. The molecule has 0 saturated carbocycles. The molecule has 0 aromatic rings. The molecule has 2 atom stereocenters. The molecule has 0 bridgehead atoms. The number of rotatable bonds is 7. The highest BCUT2D eigenvalue weighted by Gasteiger charge is 2.30. The van der Waals surface area contributed by atoms with Gasteiger partial charge in [0.15, 0.2) is 5.96 Å². The molecule has 2 aliphatic heterocycles. The summed E-state index contributed by atoms with van der Waals surface area (Å²) in [6.07, 6.45) is 3.93. The summed E-state index contributed by atoms with van der Waals surface area (Å²) >= 11 is 0. The Labute approximate surface area is 185 Å². The second kappa shape index (κ2) is 12.5. The minimum absolute atomic E-state index is 0. The summed E-state index contributed by atoms with van der Waals surface area (Å²) in [6.45, 7) is 17.4. The van der Waals surface area contributed by atoms with Crippen LogP contribution in [0.15, 0.2) is 4.99 Å². The van der Waals surface area contributed by atoms with E-state index in [4.69, 9.17) is 0 Å². The van der Waals surface area contributed by atoms with Crippen molar-refractivity contribution in [2.24, 2.45) is 22.7 Å². The lowest BCUT2D eigenvalue weighted by molar-refractivity contribution is 0.0897. The molecule has 0 aliphatic carbocycles. The maximum absolute atomic E-state index is 4.61. The van der Waals surface area contributed by atoms with Crippen molar-refractivity contribution in [1.29, 1.82) is 0 Å². The van der Waals surface area contributed by atoms with Gasteiger partial charge in [-0.1, -0.05) is 40.5 Å². The number of hydrogen-bond acceptors (Lipinski definition) is 3. The number of aliphatic imine (C=N–C) groups is 1. The minimum Gasteiger partial charge on any atom is -0.355 e. The smallest absolute Gasteiger partial charge is 0.193 e. The van der Waals surface area contributed by atoms with E-state index in [-0.39, 0.29) is 24.0 Å². The van der Waals surface area contributed by atoms with E-state index in [1.807, 2.05) is 7.05 Å². The van der Waals surface area contributed by atoms with Crippen LogP contribution in [0.4, 0.5) is 0 Å². The normalized spacial score (nSPS) is 23.8. The Morgan fingerprint density at radius 3 is 2.22 bits per heavy atom. The van der Waals surface area contributed by atoms with E-state index in [9.17, 15) is 0 Å². The fraction of sp³-hybridized carbons (Fsp3) is 0.952. The first kappa shape index (κ1) is 25.0. The van der Waals surface area contributed by atoms with Crippen molar-refractivity contribution in [3.63, 3.8) is 0 Å². The third-order valence-electron chi connectivity index (χ3n) is 6.70. The number of likely N-dealkylation sites (N-methyl/N-ethyl adjacent to an activating group) is 1. The van der Waals surface area contributed by atoms with Crippen LogP contribution in [0.5, 0.6) is 0 Å². The van der Waals surface area contributed by atoms with Crippen LogP contribution in [0.25, 0.3) is 0 Å². The second-order valence-electron chi connectivity index (χ2n) is 8.65. The average Bonchev–Trinajstić information content (AvgIpc) is 3.10. The predicted molar refractivity (Wildman–Crippen MR) is 128 cm³/mol. The lowest BCUT2D eigenvalue weighted by atomic mass is 9.87. The van der Waals surface area contributed by atoms with Crippen LogP contribution >= 0.6 is 24.0 Å². The Kier molecular flexibility index (Phi) is 11.5. The molecule has 0 aromatic heterocycles. The van der Waals surface area contributed by atoms with Gasteiger partial charge in [-0.05, 0) is 31.2 Å². The topological polar surface area (TPSA) is 34.1 Å². The van der Waals surface area contributed by atoms with Crippen molar-refractivity contribution >= 4 is 29.9 Å². The first-order valence-electron chi connectivity index (χ1n) is 10.9. The number of nitrogens with zero attached hydrogens (tertiary/aromatic N) is 4. The summed E-state index contributed by atoms with van der Waals surface area (Å²) < 4.78 is 0. The number of piperazine rings is 1. The molecule has 0 spiro atoms. The molecule has 2 aliphatic rings. The van der Waals surface area contributed by atoms with Gasteiger partial charge < -0.3 is 15.1 Å². The van der Waals surface area contributed by atoms with Crippen molar-refractivity contribution in [3.05, 3.63) is 0 Å². The lowest BCUT2D eigenvalue weighted by Gasteiger charge is -2.40. The SMILES string of the molecule is CCC(CC)C1CCN(C(=NC)NCC(C(C)C)N2CCN(C)CC2)C1.I. The van der Waals surface area contributed by atoms with Crippen LogP contribution in [0, 0.1) is 17.8 Å². The van der Waals surface area contributed by atoms with E-state index >= 15 is 0 Å². The first-order valence-corrected chi connectivity index (χ1v) is 10.9. The van der Waals surface area contributed by atoms with Gasteiger partial charge in [0.1, 0.15) is 0 Å². The van der Waals surface area contributed by atoms with Crippen LogP contribution in [-0.4, -0.2) is 86.6 Å². The van der Waals surface area contributed by atoms with Crippen LogP contribution < -0.4 is 5.32 Å². The van der Waals surface area contributed by atoms with Gasteiger partial charge in [-0.25, -0.2) is 0 Å². The number of halogens is 1. The summed E-state index contributed by atoms with van der Waals surface area (Å²) in [4.78, 5) is 12.2. The maximum atomic E-state index is 4.61. The molecule has 5 nitrogen and oxygen atoms in total. The monoisotopic (exact) mass is 493 g/mol. The summed E-state index contributed by atoms with van der Waals surface area (Å²) in [5.74, 6) is 3.46. The third kappa shape index (κ3) is 7.03. The van der Waals surface area contributed by atoms with Crippen molar-refractivity contribution < 1.29 is 0 Å². The maximum Gasteiger partial charge on any atom is 0.193 e. The molecule has 27 heavy (non-hydrogen) atoms. The second-order valence-corrected chi connectivity index (χ2v) is 8.65. The molecule has 0 amide bonds. The van der Waals surface area contributed by atoms with Gasteiger partial charge >= 0.3 is 0 Å². The molecular weight excluding hydrogens is 449 g/mol. The Morgan fingerprint density at radius 2 is 1.70 bits per heavy atom. The molecule has 1 N–H and O–H groups in total. The Balaban J connectivity index is 0.00000364. The predicted octanol–water partition coefficient (Wildman–Crippen LogP) is 3.21. The van der Waals surface area contributed by atoms with E-state index in [1.165, 1.54) is 52.0 Å². The molecule has 2 heterocycles. The Bertz CT molecular complexity index is 430. The Hall–Kier alpha value is -0.0800. The van der Waals surface area contributed by atoms with Gasteiger partial charge in [0, 0.05) is 58.9 Å². The van der Waals surface area contributed by atoms with Crippen LogP contribution in [-0.2, 0) is 0 Å². The number of hydrogen-bond donors (Lipinski definition) is 1. The highest BCUT2D eigenvalue weighted by molar-refractivity contribution is 14.0. The largest absolute Gasteiger partial charge is 0.355 e. The van der Waals surface area contributed by atoms with E-state index in [1.54, 1.807) is 0 Å². The molecule has 0 aromatic carbocycles. The van der Waals surface area contributed by atoms with E-state index in [2.05, 4.69) is 59.8 Å². The molecule has 2 rings (SSSR count). The molecular formula is C21H44IN5. The zero-order valence-corrected chi connectivity index (χ0v) is 20.9. The van der Waals surface area contributed by atoms with Gasteiger partial charge in [-0.3, -0.25) is 9.89 Å². The molecule has 2 fully saturated rings. The molecule has 2 unspecified atom stereocenters. The van der Waals surface area contributed by atoms with Gasteiger partial charge in [0.25, 0.3) is 0 Å². The summed E-state index contributed by atoms with van der Waals surface area (Å²) in [5, 5.41) is 3.72. The van der Waals surface area contributed by atoms with Crippen molar-refractivity contribution in [1.82, 2.24) is 20.0 Å². The standard InChI is InChI=1S/C21H43N5.HI/c1-7-18(8-2)19-9-10-26(16-19)21(22-5)23-15-20(17(3)4)25-13-11-24(6)12-14-25;/h17-20H,7-16H2,1-6H3,(H,22,23);1H. The van der Waals surface area contributed by atoms with Crippen molar-refractivity contribution in [2.45, 2.75) is 53.0 Å². The summed E-state index contributed by atoms with van der Waals surface area (Å²) in [6, 6.07) is 0.581. The van der Waals surface area contributed by atoms with Gasteiger partial charge in [0.05, 0.1) is 0 Å². The molecule has 160 valence electrons. The first-order chi connectivity index (χ1) is 12.5. The third-order valence-corrected chi connectivity index (χ3v) is 6.70. The number of likely N-dealkylation sites (tertiary alicyclic amines) is 1. The average molecular weight is 494 g/mol. The van der Waals surface area contributed by atoms with Crippen LogP contribution in [0.3, 0.4) is 0 Å². The van der Waals surface area contributed by atoms with Crippen molar-refractivity contribution in [3.8, 4) is 0 Å². The highest BCUT2D eigenvalue weighted by Crippen LogP contribution is 2.28. The molecule has 2 saturated heterocycles. The summed E-state index contributed by atoms with van der Waals surface area (Å²) in [7, 11) is 4.17. The van der Waals surface area contributed by atoms with Crippen molar-refractivity contribution in [2.75, 3.05) is 59.9 Å². The van der Waals surface area contributed by atoms with E-state index in [0.29, 0.717) is 12.0 Å². The van der Waals surface area contributed by atoms with Gasteiger partial charge in [-0.15, -0.1) is 24.0 Å². The van der Waals surface area contributed by atoms with Crippen LogP contribution in [0.1, 0.15) is 47.0 Å². The fourth-order valence-electron chi connectivity index (χ4n) is 4.79. The van der Waals surface area contributed by atoms with E-state index in [0.717, 1.165) is 30.9 Å². The quantitative estimate of drug-likeness (QED) is 0.336. The molecule has 6 heteroatoms. The Morgan fingerprint density at radius 1 is 1.07 bits per heavy atom. The van der Waals surface area contributed by atoms with Gasteiger partial charge in [0.2, 0.25) is 0 Å². The summed E-state index contributed by atoms with van der Waals surface area (Å²) in [5.41, 5.74) is 0. The van der Waals surface area contributed by atoms with Crippen LogP contribution in [0.2, 0.25) is 0 Å². The zero-order valence-electron chi connectivity index (χ0n) is 18.6. The minimum atomic E-state index is 0. The number of nitrogens with one attached hydrogen (secondary N) is 1. The van der Waals surface area contributed by atoms with E-state index < -0.39 is 0 Å².